The maximum absolute atomic E-state index is 10.4. The second kappa shape index (κ2) is 6.13. The van der Waals surface area contributed by atoms with E-state index in [1.54, 1.807) is 12.3 Å². The molecule has 0 amide bonds. The van der Waals surface area contributed by atoms with E-state index in [-0.39, 0.29) is 0 Å². The molecule has 0 unspecified atom stereocenters. The van der Waals surface area contributed by atoms with Crippen LogP contribution in [0.2, 0.25) is 0 Å². The Bertz CT molecular complexity index is 286. The van der Waals surface area contributed by atoms with Crippen LogP contribution in [0.25, 0.3) is 0 Å². The summed E-state index contributed by atoms with van der Waals surface area (Å²) in [5.41, 5.74) is 0.554. The molecule has 0 bridgehead atoms. The summed E-state index contributed by atoms with van der Waals surface area (Å²) in [4.78, 5) is 14.3. The van der Waals surface area contributed by atoms with Crippen LogP contribution in [0.5, 0.6) is 5.75 Å². The van der Waals surface area contributed by atoms with Gasteiger partial charge in [-0.05, 0) is 12.5 Å². The molecule has 3 heteroatoms. The first-order valence-corrected chi connectivity index (χ1v) is 4.90. The number of carbonyl (C=O) groups excluding carboxylic acids is 1. The molecule has 0 atom stereocenters. The Morgan fingerprint density at radius 1 is 1.43 bits per heavy atom. The van der Waals surface area contributed by atoms with Crippen LogP contribution < -0.4 is 4.74 Å². The molecule has 0 N–H and O–H groups in total. The quantitative estimate of drug-likeness (QED) is 0.514. The maximum Gasteiger partial charge on any atom is 0.151 e. The van der Waals surface area contributed by atoms with E-state index < -0.39 is 0 Å². The molecular formula is C11H15NO2. The lowest BCUT2D eigenvalue weighted by Crippen LogP contribution is -1.98. The minimum Gasteiger partial charge on any atom is -0.492 e. The Morgan fingerprint density at radius 2 is 2.29 bits per heavy atom. The summed E-state index contributed by atoms with van der Waals surface area (Å²) in [7, 11) is 0. The zero-order valence-electron chi connectivity index (χ0n) is 8.40. The Hall–Kier alpha value is -1.38. The Kier molecular flexibility index (Phi) is 4.69. The van der Waals surface area contributed by atoms with Crippen molar-refractivity contribution < 1.29 is 9.53 Å². The number of hydrogen-bond acceptors (Lipinski definition) is 3. The maximum atomic E-state index is 10.4. The summed E-state index contributed by atoms with van der Waals surface area (Å²) in [6, 6.07) is 1.70. The SMILES string of the molecule is CCCCCOc1cncc(C=O)c1. The van der Waals surface area contributed by atoms with Crippen molar-refractivity contribution in [3.05, 3.63) is 24.0 Å². The topological polar surface area (TPSA) is 39.2 Å². The van der Waals surface area contributed by atoms with E-state index in [0.717, 1.165) is 12.7 Å². The number of rotatable bonds is 6. The molecule has 3 nitrogen and oxygen atoms in total. The highest BCUT2D eigenvalue weighted by Gasteiger charge is 1.96. The van der Waals surface area contributed by atoms with Crippen molar-refractivity contribution in [3.63, 3.8) is 0 Å². The molecule has 1 rings (SSSR count). The third-order valence-electron chi connectivity index (χ3n) is 1.89. The van der Waals surface area contributed by atoms with Crippen molar-refractivity contribution in [2.24, 2.45) is 0 Å². The molecule has 14 heavy (non-hydrogen) atoms. The fourth-order valence-corrected chi connectivity index (χ4v) is 1.12. The number of aromatic nitrogens is 1. The van der Waals surface area contributed by atoms with Gasteiger partial charge in [-0.15, -0.1) is 0 Å². The van der Waals surface area contributed by atoms with Gasteiger partial charge in [-0.25, -0.2) is 0 Å². The molecule has 0 radical (unpaired) electrons. The molecule has 0 aliphatic carbocycles. The summed E-state index contributed by atoms with van der Waals surface area (Å²) in [5.74, 6) is 0.672. The smallest absolute Gasteiger partial charge is 0.151 e. The molecule has 1 heterocycles. The van der Waals surface area contributed by atoms with Crippen LogP contribution in [0.3, 0.4) is 0 Å². The van der Waals surface area contributed by atoms with Crippen LogP contribution in [0.1, 0.15) is 36.5 Å². The van der Waals surface area contributed by atoms with Gasteiger partial charge < -0.3 is 4.74 Å². The van der Waals surface area contributed by atoms with Gasteiger partial charge in [-0.3, -0.25) is 9.78 Å². The van der Waals surface area contributed by atoms with E-state index in [2.05, 4.69) is 11.9 Å². The minimum atomic E-state index is 0.554. The third-order valence-corrected chi connectivity index (χ3v) is 1.89. The van der Waals surface area contributed by atoms with Crippen LogP contribution >= 0.6 is 0 Å². The van der Waals surface area contributed by atoms with Gasteiger partial charge in [0.2, 0.25) is 0 Å². The molecule has 1 aromatic heterocycles. The number of ether oxygens (including phenoxy) is 1. The molecule has 0 aromatic carbocycles. The van der Waals surface area contributed by atoms with Crippen molar-refractivity contribution in [2.75, 3.05) is 6.61 Å². The van der Waals surface area contributed by atoms with E-state index in [4.69, 9.17) is 4.74 Å². The Morgan fingerprint density at radius 3 is 3.00 bits per heavy atom. The molecule has 0 saturated heterocycles. The first kappa shape index (κ1) is 10.7. The van der Waals surface area contributed by atoms with Crippen LogP contribution in [0.4, 0.5) is 0 Å². The zero-order valence-corrected chi connectivity index (χ0v) is 8.40. The van der Waals surface area contributed by atoms with Gasteiger partial charge in [0.05, 0.1) is 12.8 Å². The highest BCUT2D eigenvalue weighted by molar-refractivity contribution is 5.74. The zero-order chi connectivity index (χ0) is 10.2. The highest BCUT2D eigenvalue weighted by atomic mass is 16.5. The van der Waals surface area contributed by atoms with Gasteiger partial charge in [-0.1, -0.05) is 19.8 Å². The predicted octanol–water partition coefficient (Wildman–Crippen LogP) is 2.46. The summed E-state index contributed by atoms with van der Waals surface area (Å²) in [6.45, 7) is 2.84. The summed E-state index contributed by atoms with van der Waals surface area (Å²) >= 11 is 0. The summed E-state index contributed by atoms with van der Waals surface area (Å²) < 4.78 is 5.43. The van der Waals surface area contributed by atoms with Crippen LogP contribution in [-0.2, 0) is 0 Å². The van der Waals surface area contributed by atoms with Crippen molar-refractivity contribution in [2.45, 2.75) is 26.2 Å². The molecular weight excluding hydrogens is 178 g/mol. The summed E-state index contributed by atoms with van der Waals surface area (Å²) in [5, 5.41) is 0. The van der Waals surface area contributed by atoms with Gasteiger partial charge in [0.25, 0.3) is 0 Å². The fraction of sp³-hybridized carbons (Fsp3) is 0.455. The van der Waals surface area contributed by atoms with E-state index in [1.807, 2.05) is 0 Å². The summed E-state index contributed by atoms with van der Waals surface area (Å²) in [6.07, 6.45) is 7.30. The fourth-order valence-electron chi connectivity index (χ4n) is 1.12. The third kappa shape index (κ3) is 3.56. The highest BCUT2D eigenvalue weighted by Crippen LogP contribution is 2.10. The first-order chi connectivity index (χ1) is 6.86. The lowest BCUT2D eigenvalue weighted by molar-refractivity contribution is 0.112. The first-order valence-electron chi connectivity index (χ1n) is 4.90. The van der Waals surface area contributed by atoms with Crippen LogP contribution in [0.15, 0.2) is 18.5 Å². The van der Waals surface area contributed by atoms with Crippen molar-refractivity contribution >= 4 is 6.29 Å². The second-order valence-electron chi connectivity index (χ2n) is 3.13. The standard InChI is InChI=1S/C11H15NO2/c1-2-3-4-5-14-11-6-10(9-13)7-12-8-11/h6-9H,2-5H2,1H3. The minimum absolute atomic E-state index is 0.554. The number of pyridine rings is 1. The van der Waals surface area contributed by atoms with Gasteiger partial charge in [0.1, 0.15) is 5.75 Å². The molecule has 0 spiro atoms. The van der Waals surface area contributed by atoms with E-state index in [9.17, 15) is 4.79 Å². The van der Waals surface area contributed by atoms with E-state index in [0.29, 0.717) is 17.9 Å². The van der Waals surface area contributed by atoms with Crippen molar-refractivity contribution in [1.29, 1.82) is 0 Å². The largest absolute Gasteiger partial charge is 0.492 e. The number of nitrogens with zero attached hydrogens (tertiary/aromatic N) is 1. The molecule has 1 aromatic rings. The monoisotopic (exact) mass is 193 g/mol. The predicted molar refractivity (Wildman–Crippen MR) is 54.6 cm³/mol. The van der Waals surface area contributed by atoms with Gasteiger partial charge in [0, 0.05) is 11.8 Å². The van der Waals surface area contributed by atoms with Gasteiger partial charge in [0.15, 0.2) is 6.29 Å². The number of hydrogen-bond donors (Lipinski definition) is 0. The Labute approximate surface area is 84.1 Å². The average Bonchev–Trinajstić information content (AvgIpc) is 2.25. The molecule has 0 fully saturated rings. The van der Waals surface area contributed by atoms with Crippen LogP contribution in [0, 0.1) is 0 Å². The van der Waals surface area contributed by atoms with E-state index >= 15 is 0 Å². The van der Waals surface area contributed by atoms with Crippen molar-refractivity contribution in [3.8, 4) is 5.75 Å². The van der Waals surface area contributed by atoms with Gasteiger partial charge >= 0.3 is 0 Å². The molecule has 0 aliphatic heterocycles. The Balaban J connectivity index is 2.38. The van der Waals surface area contributed by atoms with Gasteiger partial charge in [-0.2, -0.15) is 0 Å². The average molecular weight is 193 g/mol. The number of unbranched alkanes of at least 4 members (excludes halogenated alkanes) is 2. The number of carbonyl (C=O) groups is 1. The van der Waals surface area contributed by atoms with Crippen molar-refractivity contribution in [1.82, 2.24) is 4.98 Å². The molecule has 76 valence electrons. The number of aldehydes is 1. The lowest BCUT2D eigenvalue weighted by Gasteiger charge is -2.04. The molecule has 0 aliphatic rings. The van der Waals surface area contributed by atoms with Crippen LogP contribution in [-0.4, -0.2) is 17.9 Å². The normalized spacial score (nSPS) is 9.79. The second-order valence-corrected chi connectivity index (χ2v) is 3.13. The lowest BCUT2D eigenvalue weighted by atomic mass is 10.3. The molecule has 0 saturated carbocycles. The van der Waals surface area contributed by atoms with E-state index in [1.165, 1.54) is 19.0 Å².